The van der Waals surface area contributed by atoms with Gasteiger partial charge in [-0.15, -0.1) is 0 Å². The first-order valence-electron chi connectivity index (χ1n) is 9.61. The molecule has 6 nitrogen and oxygen atoms in total. The van der Waals surface area contributed by atoms with Crippen LogP contribution in [0.3, 0.4) is 0 Å². The number of benzene rings is 3. The molecule has 156 valence electrons. The molecule has 6 heteroatoms. The van der Waals surface area contributed by atoms with Gasteiger partial charge in [0, 0.05) is 17.3 Å². The lowest BCUT2D eigenvalue weighted by Gasteiger charge is -2.10. The van der Waals surface area contributed by atoms with E-state index in [9.17, 15) is 14.4 Å². The summed E-state index contributed by atoms with van der Waals surface area (Å²) in [5, 5.41) is 5.49. The monoisotopic (exact) mass is 414 g/mol. The van der Waals surface area contributed by atoms with Crippen molar-refractivity contribution in [1.29, 1.82) is 0 Å². The zero-order valence-corrected chi connectivity index (χ0v) is 17.2. The number of carbonyl (C=O) groups is 3. The third-order valence-electron chi connectivity index (χ3n) is 4.57. The van der Waals surface area contributed by atoms with Crippen LogP contribution < -0.4 is 10.6 Å². The second-order valence-electron chi connectivity index (χ2n) is 6.75. The maximum Gasteiger partial charge on any atom is 0.339 e. The summed E-state index contributed by atoms with van der Waals surface area (Å²) in [5.41, 5.74) is 3.39. The van der Waals surface area contributed by atoms with Crippen molar-refractivity contribution in [3.63, 3.8) is 0 Å². The van der Waals surface area contributed by atoms with Crippen LogP contribution in [0.2, 0.25) is 0 Å². The highest BCUT2D eigenvalue weighted by molar-refractivity contribution is 6.08. The Morgan fingerprint density at radius 3 is 2.10 bits per heavy atom. The summed E-state index contributed by atoms with van der Waals surface area (Å²) in [7, 11) is 1.28. The van der Waals surface area contributed by atoms with E-state index in [1.54, 1.807) is 48.5 Å². The van der Waals surface area contributed by atoms with E-state index in [1.165, 1.54) is 13.2 Å². The highest BCUT2D eigenvalue weighted by Gasteiger charge is 2.14. The van der Waals surface area contributed by atoms with E-state index in [4.69, 9.17) is 4.74 Å². The van der Waals surface area contributed by atoms with Gasteiger partial charge in [0.25, 0.3) is 5.91 Å². The molecule has 0 saturated carbocycles. The SMILES string of the molecule is COC(=O)c1ccccc1NC(=O)c1ccc(NC(=O)/C=C(/C)c2ccccc2)cc1. The molecule has 0 saturated heterocycles. The van der Waals surface area contributed by atoms with E-state index in [-0.39, 0.29) is 17.4 Å². The summed E-state index contributed by atoms with van der Waals surface area (Å²) in [6, 6.07) is 22.7. The van der Waals surface area contributed by atoms with Crippen molar-refractivity contribution < 1.29 is 19.1 Å². The third kappa shape index (κ3) is 5.67. The number of methoxy groups -OCH3 is 1. The van der Waals surface area contributed by atoms with Crippen molar-refractivity contribution in [1.82, 2.24) is 0 Å². The molecule has 0 fully saturated rings. The Morgan fingerprint density at radius 1 is 0.774 bits per heavy atom. The second kappa shape index (κ2) is 10.0. The number of para-hydroxylation sites is 1. The molecule has 3 aromatic rings. The predicted molar refractivity (Wildman–Crippen MR) is 121 cm³/mol. The first-order valence-corrected chi connectivity index (χ1v) is 9.61. The molecule has 0 atom stereocenters. The Labute approximate surface area is 180 Å². The Morgan fingerprint density at radius 2 is 1.42 bits per heavy atom. The number of amides is 2. The molecule has 3 rings (SSSR count). The zero-order valence-electron chi connectivity index (χ0n) is 17.2. The lowest BCUT2D eigenvalue weighted by Crippen LogP contribution is -2.15. The normalized spacial score (nSPS) is 10.8. The number of nitrogens with one attached hydrogen (secondary N) is 2. The van der Waals surface area contributed by atoms with E-state index < -0.39 is 5.97 Å². The lowest BCUT2D eigenvalue weighted by atomic mass is 10.1. The van der Waals surface area contributed by atoms with Gasteiger partial charge in [0.15, 0.2) is 0 Å². The highest BCUT2D eigenvalue weighted by Crippen LogP contribution is 2.18. The fraction of sp³-hybridized carbons (Fsp3) is 0.0800. The average molecular weight is 414 g/mol. The molecule has 2 N–H and O–H groups in total. The number of hydrogen-bond acceptors (Lipinski definition) is 4. The number of allylic oxidation sites excluding steroid dienone is 1. The van der Waals surface area contributed by atoms with Crippen LogP contribution in [-0.4, -0.2) is 24.9 Å². The summed E-state index contributed by atoms with van der Waals surface area (Å²) in [5.74, 6) is -1.17. The fourth-order valence-corrected chi connectivity index (χ4v) is 2.94. The summed E-state index contributed by atoms with van der Waals surface area (Å²) in [6.45, 7) is 1.87. The van der Waals surface area contributed by atoms with Crippen LogP contribution in [0, 0.1) is 0 Å². The maximum atomic E-state index is 12.6. The van der Waals surface area contributed by atoms with Crippen molar-refractivity contribution >= 4 is 34.7 Å². The van der Waals surface area contributed by atoms with Crippen LogP contribution in [0.25, 0.3) is 5.57 Å². The first-order chi connectivity index (χ1) is 15.0. The smallest absolute Gasteiger partial charge is 0.339 e. The second-order valence-corrected chi connectivity index (χ2v) is 6.75. The van der Waals surface area contributed by atoms with Crippen molar-refractivity contribution in [3.8, 4) is 0 Å². The van der Waals surface area contributed by atoms with Gasteiger partial charge in [-0.1, -0.05) is 42.5 Å². The van der Waals surface area contributed by atoms with Crippen molar-refractivity contribution in [3.05, 3.63) is 102 Å². The van der Waals surface area contributed by atoms with Crippen LogP contribution in [0.1, 0.15) is 33.2 Å². The molecule has 0 unspecified atom stereocenters. The molecule has 0 spiro atoms. The largest absolute Gasteiger partial charge is 0.465 e. The fourth-order valence-electron chi connectivity index (χ4n) is 2.94. The standard InChI is InChI=1S/C25H22N2O4/c1-17(18-8-4-3-5-9-18)16-23(28)26-20-14-12-19(13-15-20)24(29)27-22-11-7-6-10-21(22)25(30)31-2/h3-16H,1-2H3,(H,26,28)(H,27,29)/b17-16-. The molecule has 0 aliphatic rings. The van der Waals surface area contributed by atoms with Crippen molar-refractivity contribution in [2.75, 3.05) is 17.7 Å². The molecule has 0 radical (unpaired) electrons. The van der Waals surface area contributed by atoms with E-state index in [0.29, 0.717) is 16.9 Å². The van der Waals surface area contributed by atoms with E-state index >= 15 is 0 Å². The first kappa shape index (κ1) is 21.5. The molecule has 0 bridgehead atoms. The van der Waals surface area contributed by atoms with Gasteiger partial charge in [0.2, 0.25) is 5.91 Å². The minimum absolute atomic E-state index is 0.259. The number of hydrogen-bond donors (Lipinski definition) is 2. The van der Waals surface area contributed by atoms with Gasteiger partial charge in [-0.3, -0.25) is 9.59 Å². The number of anilines is 2. The van der Waals surface area contributed by atoms with Crippen LogP contribution in [0.4, 0.5) is 11.4 Å². The highest BCUT2D eigenvalue weighted by atomic mass is 16.5. The Bertz CT molecular complexity index is 1120. The van der Waals surface area contributed by atoms with E-state index in [2.05, 4.69) is 10.6 Å². The van der Waals surface area contributed by atoms with Gasteiger partial charge in [-0.05, 0) is 54.5 Å². The van der Waals surface area contributed by atoms with Crippen LogP contribution >= 0.6 is 0 Å². The molecule has 2 amide bonds. The molecule has 31 heavy (non-hydrogen) atoms. The number of carbonyl (C=O) groups excluding carboxylic acids is 3. The predicted octanol–water partition coefficient (Wildman–Crippen LogP) is 4.77. The molecular formula is C25H22N2O4. The topological polar surface area (TPSA) is 84.5 Å². The number of esters is 1. The third-order valence-corrected chi connectivity index (χ3v) is 4.57. The Hall–Kier alpha value is -4.19. The summed E-state index contributed by atoms with van der Waals surface area (Å²) in [6.07, 6.45) is 1.53. The van der Waals surface area contributed by atoms with Crippen LogP contribution in [0.5, 0.6) is 0 Å². The van der Waals surface area contributed by atoms with Gasteiger partial charge in [0.1, 0.15) is 0 Å². The van der Waals surface area contributed by atoms with Gasteiger partial charge in [-0.25, -0.2) is 4.79 Å². The van der Waals surface area contributed by atoms with Gasteiger partial charge in [0.05, 0.1) is 18.4 Å². The van der Waals surface area contributed by atoms with Gasteiger partial charge in [-0.2, -0.15) is 0 Å². The van der Waals surface area contributed by atoms with Crippen LogP contribution in [-0.2, 0) is 9.53 Å². The zero-order chi connectivity index (χ0) is 22.2. The van der Waals surface area contributed by atoms with Crippen molar-refractivity contribution in [2.24, 2.45) is 0 Å². The number of ether oxygens (including phenoxy) is 1. The lowest BCUT2D eigenvalue weighted by molar-refractivity contribution is -0.111. The summed E-state index contributed by atoms with van der Waals surface area (Å²) in [4.78, 5) is 36.7. The quantitative estimate of drug-likeness (QED) is 0.450. The molecule has 0 aliphatic heterocycles. The molecule has 0 aliphatic carbocycles. The molecular weight excluding hydrogens is 392 g/mol. The molecule has 0 heterocycles. The minimum Gasteiger partial charge on any atom is -0.465 e. The average Bonchev–Trinajstić information content (AvgIpc) is 2.79. The minimum atomic E-state index is -0.534. The van der Waals surface area contributed by atoms with Crippen LogP contribution in [0.15, 0.2) is 84.9 Å². The van der Waals surface area contributed by atoms with E-state index in [0.717, 1.165) is 11.1 Å². The van der Waals surface area contributed by atoms with Gasteiger partial charge < -0.3 is 15.4 Å². The maximum absolute atomic E-state index is 12.6. The number of rotatable bonds is 6. The molecule has 0 aromatic heterocycles. The Balaban J connectivity index is 1.66. The molecule has 3 aromatic carbocycles. The van der Waals surface area contributed by atoms with Gasteiger partial charge >= 0.3 is 5.97 Å². The van der Waals surface area contributed by atoms with Crippen molar-refractivity contribution in [2.45, 2.75) is 6.92 Å². The van der Waals surface area contributed by atoms with E-state index in [1.807, 2.05) is 37.3 Å². The Kier molecular flexibility index (Phi) is 6.96. The summed E-state index contributed by atoms with van der Waals surface area (Å²) >= 11 is 0. The summed E-state index contributed by atoms with van der Waals surface area (Å²) < 4.78 is 4.74.